The van der Waals surface area contributed by atoms with Gasteiger partial charge >= 0.3 is 0 Å². The van der Waals surface area contributed by atoms with Crippen molar-refractivity contribution in [3.8, 4) is 0 Å². The fourth-order valence-electron chi connectivity index (χ4n) is 3.14. The third-order valence-electron chi connectivity index (χ3n) is 4.62. The van der Waals surface area contributed by atoms with Gasteiger partial charge in [-0.1, -0.05) is 19.0 Å². The summed E-state index contributed by atoms with van der Waals surface area (Å²) in [6.45, 7) is 5.41. The van der Waals surface area contributed by atoms with Gasteiger partial charge in [-0.2, -0.15) is 9.29 Å². The van der Waals surface area contributed by atoms with Gasteiger partial charge in [-0.15, -0.1) is 0 Å². The second kappa shape index (κ2) is 9.11. The van der Waals surface area contributed by atoms with Crippen molar-refractivity contribution >= 4 is 10.0 Å². The van der Waals surface area contributed by atoms with Gasteiger partial charge in [0.1, 0.15) is 5.82 Å². The SMILES string of the molecule is CC(C)Cc1nc(CCOC2CCN(S(=O)(=O)c3ccc(F)cc3)CC2)no1. The smallest absolute Gasteiger partial charge is 0.243 e. The summed E-state index contributed by atoms with van der Waals surface area (Å²) >= 11 is 0. The maximum atomic E-state index is 13.0. The van der Waals surface area contributed by atoms with E-state index in [-0.39, 0.29) is 11.0 Å². The topological polar surface area (TPSA) is 85.5 Å². The summed E-state index contributed by atoms with van der Waals surface area (Å²) in [5.74, 6) is 1.28. The molecule has 7 nitrogen and oxygen atoms in total. The van der Waals surface area contributed by atoms with E-state index in [9.17, 15) is 12.8 Å². The standard InChI is InChI=1S/C19H26FN3O4S/c1-14(2)13-19-21-18(22-27-19)9-12-26-16-7-10-23(11-8-16)28(24,25)17-5-3-15(20)4-6-17/h3-6,14,16H,7-13H2,1-2H3. The van der Waals surface area contributed by atoms with Crippen molar-refractivity contribution in [3.63, 3.8) is 0 Å². The predicted molar refractivity (Wildman–Crippen MR) is 101 cm³/mol. The molecule has 28 heavy (non-hydrogen) atoms. The van der Waals surface area contributed by atoms with E-state index in [0.717, 1.165) is 18.6 Å². The highest BCUT2D eigenvalue weighted by Crippen LogP contribution is 2.22. The van der Waals surface area contributed by atoms with Gasteiger partial charge < -0.3 is 9.26 Å². The first-order chi connectivity index (χ1) is 13.3. The Morgan fingerprint density at radius 2 is 1.93 bits per heavy atom. The fraction of sp³-hybridized carbons (Fsp3) is 0.579. The number of benzene rings is 1. The van der Waals surface area contributed by atoms with Gasteiger partial charge in [0.15, 0.2) is 5.82 Å². The first kappa shape index (κ1) is 20.9. The molecule has 0 aliphatic carbocycles. The van der Waals surface area contributed by atoms with Crippen LogP contribution in [0.4, 0.5) is 4.39 Å². The summed E-state index contributed by atoms with van der Waals surface area (Å²) < 4.78 is 50.8. The van der Waals surface area contributed by atoms with Gasteiger partial charge in [-0.25, -0.2) is 12.8 Å². The monoisotopic (exact) mass is 411 g/mol. The first-order valence-electron chi connectivity index (χ1n) is 9.53. The van der Waals surface area contributed by atoms with Crippen molar-refractivity contribution in [1.82, 2.24) is 14.4 Å². The van der Waals surface area contributed by atoms with Crippen LogP contribution in [0.25, 0.3) is 0 Å². The number of hydrogen-bond acceptors (Lipinski definition) is 6. The molecule has 1 fully saturated rings. The lowest BCUT2D eigenvalue weighted by atomic mass is 10.1. The van der Waals surface area contributed by atoms with E-state index in [0.29, 0.717) is 56.6 Å². The van der Waals surface area contributed by atoms with E-state index in [1.165, 1.54) is 16.4 Å². The van der Waals surface area contributed by atoms with E-state index < -0.39 is 15.8 Å². The van der Waals surface area contributed by atoms with E-state index >= 15 is 0 Å². The molecule has 0 spiro atoms. The lowest BCUT2D eigenvalue weighted by Crippen LogP contribution is -2.41. The van der Waals surface area contributed by atoms with E-state index in [2.05, 4.69) is 24.0 Å². The van der Waals surface area contributed by atoms with Crippen LogP contribution in [0.15, 0.2) is 33.7 Å². The summed E-state index contributed by atoms with van der Waals surface area (Å²) in [6.07, 6.45) is 2.56. The van der Waals surface area contributed by atoms with Gasteiger partial charge in [0.25, 0.3) is 0 Å². The molecule has 1 aliphatic heterocycles. The lowest BCUT2D eigenvalue weighted by Gasteiger charge is -2.31. The Balaban J connectivity index is 1.44. The molecule has 0 radical (unpaired) electrons. The average molecular weight is 411 g/mol. The van der Waals surface area contributed by atoms with Gasteiger partial charge in [0.2, 0.25) is 15.9 Å². The van der Waals surface area contributed by atoms with Crippen LogP contribution in [0, 0.1) is 11.7 Å². The van der Waals surface area contributed by atoms with Crippen molar-refractivity contribution in [3.05, 3.63) is 41.8 Å². The highest BCUT2D eigenvalue weighted by atomic mass is 32.2. The molecule has 1 aromatic carbocycles. The molecule has 1 aliphatic rings. The molecule has 0 amide bonds. The zero-order valence-corrected chi connectivity index (χ0v) is 17.0. The number of aromatic nitrogens is 2. The Kier molecular flexibility index (Phi) is 6.79. The molecule has 0 unspecified atom stereocenters. The van der Waals surface area contributed by atoms with Gasteiger partial charge in [-0.05, 0) is 43.0 Å². The molecule has 0 atom stereocenters. The third-order valence-corrected chi connectivity index (χ3v) is 6.54. The van der Waals surface area contributed by atoms with Crippen LogP contribution in [0.1, 0.15) is 38.4 Å². The molecule has 2 heterocycles. The summed E-state index contributed by atoms with van der Waals surface area (Å²) in [6, 6.07) is 4.91. The first-order valence-corrected chi connectivity index (χ1v) is 11.0. The van der Waals surface area contributed by atoms with Crippen molar-refractivity contribution in [2.75, 3.05) is 19.7 Å². The van der Waals surface area contributed by atoms with Crippen molar-refractivity contribution < 1.29 is 22.1 Å². The average Bonchev–Trinajstić information content (AvgIpc) is 3.09. The Bertz CT molecular complexity index is 860. The van der Waals surface area contributed by atoms with Crippen LogP contribution in [-0.4, -0.2) is 48.7 Å². The molecule has 2 aromatic rings. The third kappa shape index (κ3) is 5.36. The van der Waals surface area contributed by atoms with Crippen LogP contribution in [0.2, 0.25) is 0 Å². The van der Waals surface area contributed by atoms with Gasteiger partial charge in [0.05, 0.1) is 17.6 Å². The zero-order valence-electron chi connectivity index (χ0n) is 16.2. The van der Waals surface area contributed by atoms with Crippen LogP contribution < -0.4 is 0 Å². The molecular weight excluding hydrogens is 385 g/mol. The minimum atomic E-state index is -3.59. The van der Waals surface area contributed by atoms with Gasteiger partial charge in [0, 0.05) is 25.9 Å². The quantitative estimate of drug-likeness (QED) is 0.664. The molecule has 0 bridgehead atoms. The lowest BCUT2D eigenvalue weighted by molar-refractivity contribution is 0.0222. The molecule has 1 aromatic heterocycles. The molecule has 154 valence electrons. The van der Waals surface area contributed by atoms with Crippen LogP contribution in [0.3, 0.4) is 0 Å². The van der Waals surface area contributed by atoms with Crippen LogP contribution in [-0.2, 0) is 27.6 Å². The minimum absolute atomic E-state index is 0.00158. The highest BCUT2D eigenvalue weighted by molar-refractivity contribution is 7.89. The van der Waals surface area contributed by atoms with E-state index in [1.807, 2.05) is 0 Å². The number of sulfonamides is 1. The largest absolute Gasteiger partial charge is 0.378 e. The second-order valence-corrected chi connectivity index (χ2v) is 9.32. The molecule has 9 heteroatoms. The normalized spacial score (nSPS) is 16.7. The fourth-order valence-corrected chi connectivity index (χ4v) is 4.61. The molecule has 0 saturated carbocycles. The van der Waals surface area contributed by atoms with Crippen LogP contribution >= 0.6 is 0 Å². The summed E-state index contributed by atoms with van der Waals surface area (Å²) in [7, 11) is -3.59. The Morgan fingerprint density at radius 1 is 1.25 bits per heavy atom. The Labute approximate surface area is 164 Å². The number of ether oxygens (including phenoxy) is 1. The molecule has 0 N–H and O–H groups in total. The van der Waals surface area contributed by atoms with Crippen LogP contribution in [0.5, 0.6) is 0 Å². The predicted octanol–water partition coefficient (Wildman–Crippen LogP) is 2.82. The molecule has 1 saturated heterocycles. The summed E-state index contributed by atoms with van der Waals surface area (Å²) in [5.41, 5.74) is 0. The summed E-state index contributed by atoms with van der Waals surface area (Å²) in [5, 5.41) is 3.96. The number of hydrogen-bond donors (Lipinski definition) is 0. The molecule has 3 rings (SSSR count). The van der Waals surface area contributed by atoms with Gasteiger partial charge in [-0.3, -0.25) is 0 Å². The number of piperidine rings is 1. The number of halogens is 1. The number of rotatable bonds is 8. The minimum Gasteiger partial charge on any atom is -0.378 e. The van der Waals surface area contributed by atoms with E-state index in [1.54, 1.807) is 0 Å². The number of nitrogens with zero attached hydrogens (tertiary/aromatic N) is 3. The zero-order chi connectivity index (χ0) is 20.1. The maximum Gasteiger partial charge on any atom is 0.243 e. The van der Waals surface area contributed by atoms with Crippen molar-refractivity contribution in [1.29, 1.82) is 0 Å². The molecular formula is C19H26FN3O4S. The van der Waals surface area contributed by atoms with E-state index in [4.69, 9.17) is 9.26 Å². The Morgan fingerprint density at radius 3 is 2.57 bits per heavy atom. The van der Waals surface area contributed by atoms with Crippen molar-refractivity contribution in [2.24, 2.45) is 5.92 Å². The second-order valence-electron chi connectivity index (χ2n) is 7.38. The Hall–Kier alpha value is -1.84. The highest BCUT2D eigenvalue weighted by Gasteiger charge is 2.29. The van der Waals surface area contributed by atoms with Crippen molar-refractivity contribution in [2.45, 2.75) is 50.5 Å². The maximum absolute atomic E-state index is 13.0. The summed E-state index contributed by atoms with van der Waals surface area (Å²) in [4.78, 5) is 4.46.